The number of rotatable bonds is 7. The molecule has 0 unspecified atom stereocenters. The van der Waals surface area contributed by atoms with Crippen molar-refractivity contribution in [2.24, 2.45) is 5.73 Å². The van der Waals surface area contributed by atoms with Crippen LogP contribution in [0.2, 0.25) is 0 Å². The second kappa shape index (κ2) is 8.48. The second-order valence-corrected chi connectivity index (χ2v) is 6.53. The first-order valence-electron chi connectivity index (χ1n) is 8.69. The molecule has 0 bridgehead atoms. The number of nitrogens with two attached hydrogens (primary N) is 1. The van der Waals surface area contributed by atoms with Crippen LogP contribution in [0.4, 0.5) is 6.01 Å². The average molecular weight is 339 g/mol. The van der Waals surface area contributed by atoms with E-state index in [1.165, 1.54) is 0 Å². The number of piperidine rings is 1. The number of oxazole rings is 1. The summed E-state index contributed by atoms with van der Waals surface area (Å²) in [7, 11) is 1.65. The molecule has 1 aromatic rings. The number of aromatic nitrogens is 1. The van der Waals surface area contributed by atoms with Gasteiger partial charge in [0.1, 0.15) is 5.76 Å². The Balaban J connectivity index is 2.17. The summed E-state index contributed by atoms with van der Waals surface area (Å²) >= 11 is 0. The standard InChI is InChI=1S/C17H29N3O4/c1-5-6-9-23-16(21)14-15(11(2)3)24-17(19-14)20-8-7-12(18)13(10-20)22-4/h11-13H,5-10,18H2,1-4H3/t12-,13+/m1/s1. The molecule has 0 saturated carbocycles. The monoisotopic (exact) mass is 339 g/mol. The lowest BCUT2D eigenvalue weighted by atomic mass is 10.0. The van der Waals surface area contributed by atoms with Crippen molar-refractivity contribution in [2.75, 3.05) is 31.7 Å². The number of methoxy groups -OCH3 is 1. The van der Waals surface area contributed by atoms with Gasteiger partial charge in [-0.2, -0.15) is 4.98 Å². The molecule has 1 saturated heterocycles. The van der Waals surface area contributed by atoms with Crippen LogP contribution in [0, 0.1) is 0 Å². The number of esters is 1. The fourth-order valence-corrected chi connectivity index (χ4v) is 2.73. The largest absolute Gasteiger partial charge is 0.461 e. The second-order valence-electron chi connectivity index (χ2n) is 6.53. The van der Waals surface area contributed by atoms with Gasteiger partial charge in [-0.3, -0.25) is 0 Å². The molecular weight excluding hydrogens is 310 g/mol. The van der Waals surface area contributed by atoms with Crippen LogP contribution < -0.4 is 10.6 Å². The molecule has 0 radical (unpaired) electrons. The van der Waals surface area contributed by atoms with Gasteiger partial charge in [0.2, 0.25) is 0 Å². The van der Waals surface area contributed by atoms with Gasteiger partial charge >= 0.3 is 5.97 Å². The van der Waals surface area contributed by atoms with Crippen LogP contribution in [0.3, 0.4) is 0 Å². The Hall–Kier alpha value is -1.60. The summed E-state index contributed by atoms with van der Waals surface area (Å²) in [5, 5.41) is 0. The van der Waals surface area contributed by atoms with Crippen molar-refractivity contribution in [3.05, 3.63) is 11.5 Å². The Morgan fingerprint density at radius 2 is 2.25 bits per heavy atom. The maximum atomic E-state index is 12.3. The summed E-state index contributed by atoms with van der Waals surface area (Å²) in [4.78, 5) is 18.7. The van der Waals surface area contributed by atoms with Gasteiger partial charge in [0.05, 0.1) is 19.3 Å². The number of carbonyl (C=O) groups is 1. The smallest absolute Gasteiger partial charge is 0.360 e. The van der Waals surface area contributed by atoms with Gasteiger partial charge in [0, 0.05) is 25.6 Å². The van der Waals surface area contributed by atoms with E-state index in [1.54, 1.807) is 7.11 Å². The van der Waals surface area contributed by atoms with Gasteiger partial charge in [0.15, 0.2) is 5.69 Å². The number of hydrogen-bond acceptors (Lipinski definition) is 7. The molecule has 0 amide bonds. The predicted molar refractivity (Wildman–Crippen MR) is 91.4 cm³/mol. The summed E-state index contributed by atoms with van der Waals surface area (Å²) in [5.41, 5.74) is 6.33. The molecule has 7 heteroatoms. The molecule has 2 heterocycles. The number of unbranched alkanes of at least 4 members (excludes halogenated alkanes) is 1. The van der Waals surface area contributed by atoms with Crippen LogP contribution in [-0.4, -0.2) is 49.9 Å². The van der Waals surface area contributed by atoms with Gasteiger partial charge in [-0.15, -0.1) is 0 Å². The zero-order chi connectivity index (χ0) is 17.7. The van der Waals surface area contributed by atoms with Crippen LogP contribution in [0.15, 0.2) is 4.42 Å². The molecule has 2 atom stereocenters. The van der Waals surface area contributed by atoms with Gasteiger partial charge in [0.25, 0.3) is 6.01 Å². The predicted octanol–water partition coefficient (Wildman–Crippen LogP) is 2.31. The Morgan fingerprint density at radius 1 is 1.50 bits per heavy atom. The highest BCUT2D eigenvalue weighted by atomic mass is 16.5. The third kappa shape index (κ3) is 4.27. The summed E-state index contributed by atoms with van der Waals surface area (Å²) in [6.45, 7) is 7.71. The maximum Gasteiger partial charge on any atom is 0.360 e. The molecular formula is C17H29N3O4. The molecule has 1 aromatic heterocycles. The minimum absolute atomic E-state index is 0.00395. The Kier molecular flexibility index (Phi) is 6.62. The number of hydrogen-bond donors (Lipinski definition) is 1. The molecule has 0 spiro atoms. The summed E-state index contributed by atoms with van der Waals surface area (Å²) in [6, 6.07) is 0.444. The maximum absolute atomic E-state index is 12.3. The fraction of sp³-hybridized carbons (Fsp3) is 0.765. The molecule has 7 nitrogen and oxygen atoms in total. The van der Waals surface area contributed by atoms with E-state index in [4.69, 9.17) is 19.6 Å². The number of anilines is 1. The highest BCUT2D eigenvalue weighted by Crippen LogP contribution is 2.28. The van der Waals surface area contributed by atoms with Crippen molar-refractivity contribution in [1.82, 2.24) is 4.98 Å². The van der Waals surface area contributed by atoms with Gasteiger partial charge in [-0.1, -0.05) is 27.2 Å². The molecule has 1 aliphatic heterocycles. The van der Waals surface area contributed by atoms with Gasteiger partial charge < -0.3 is 24.5 Å². The SMILES string of the molecule is CCCCOC(=O)c1nc(N2CC[C@@H](N)[C@@H](OC)C2)oc1C(C)C. The molecule has 2 N–H and O–H groups in total. The van der Waals surface area contributed by atoms with E-state index in [0.717, 1.165) is 25.8 Å². The Morgan fingerprint density at radius 3 is 2.88 bits per heavy atom. The molecule has 1 fully saturated rings. The lowest BCUT2D eigenvalue weighted by Crippen LogP contribution is -2.51. The molecule has 0 aromatic carbocycles. The molecule has 2 rings (SSSR count). The number of carbonyl (C=O) groups excluding carboxylic acids is 1. The van der Waals surface area contributed by atoms with Crippen LogP contribution in [-0.2, 0) is 9.47 Å². The highest BCUT2D eigenvalue weighted by Gasteiger charge is 2.31. The van der Waals surface area contributed by atoms with Crippen molar-refractivity contribution in [3.63, 3.8) is 0 Å². The van der Waals surface area contributed by atoms with E-state index in [0.29, 0.717) is 24.9 Å². The van der Waals surface area contributed by atoms with Gasteiger partial charge in [-0.25, -0.2) is 4.79 Å². The normalized spacial score (nSPS) is 21.3. The van der Waals surface area contributed by atoms with Crippen molar-refractivity contribution in [1.29, 1.82) is 0 Å². The zero-order valence-corrected chi connectivity index (χ0v) is 15.1. The van der Waals surface area contributed by atoms with Crippen molar-refractivity contribution >= 4 is 12.0 Å². The fourth-order valence-electron chi connectivity index (χ4n) is 2.73. The van der Waals surface area contributed by atoms with E-state index in [2.05, 4.69) is 11.9 Å². The van der Waals surface area contributed by atoms with E-state index in [1.807, 2.05) is 18.7 Å². The molecule has 0 aliphatic carbocycles. The van der Waals surface area contributed by atoms with Crippen molar-refractivity contribution in [2.45, 2.75) is 58.1 Å². The Labute approximate surface area is 143 Å². The van der Waals surface area contributed by atoms with Gasteiger partial charge in [-0.05, 0) is 12.8 Å². The molecule has 136 valence electrons. The lowest BCUT2D eigenvalue weighted by molar-refractivity contribution is 0.0490. The average Bonchev–Trinajstić information content (AvgIpc) is 3.01. The summed E-state index contributed by atoms with van der Waals surface area (Å²) < 4.78 is 16.6. The van der Waals surface area contributed by atoms with E-state index in [9.17, 15) is 4.79 Å². The highest BCUT2D eigenvalue weighted by molar-refractivity contribution is 5.89. The van der Waals surface area contributed by atoms with E-state index >= 15 is 0 Å². The minimum atomic E-state index is -0.417. The zero-order valence-electron chi connectivity index (χ0n) is 15.1. The number of nitrogens with zero attached hydrogens (tertiary/aromatic N) is 2. The third-order valence-electron chi connectivity index (χ3n) is 4.27. The number of ether oxygens (including phenoxy) is 2. The quantitative estimate of drug-likeness (QED) is 0.602. The minimum Gasteiger partial charge on any atom is -0.461 e. The summed E-state index contributed by atoms with van der Waals surface area (Å²) in [6.07, 6.45) is 2.52. The van der Waals surface area contributed by atoms with Crippen LogP contribution in [0.5, 0.6) is 0 Å². The van der Waals surface area contributed by atoms with Crippen LogP contribution in [0.1, 0.15) is 62.2 Å². The molecule has 24 heavy (non-hydrogen) atoms. The van der Waals surface area contributed by atoms with E-state index < -0.39 is 5.97 Å². The summed E-state index contributed by atoms with van der Waals surface area (Å²) in [5.74, 6) is 0.194. The topological polar surface area (TPSA) is 90.8 Å². The van der Waals surface area contributed by atoms with E-state index in [-0.39, 0.29) is 23.8 Å². The lowest BCUT2D eigenvalue weighted by Gasteiger charge is -2.35. The van der Waals surface area contributed by atoms with Crippen molar-refractivity contribution < 1.29 is 18.7 Å². The third-order valence-corrected chi connectivity index (χ3v) is 4.27. The first-order valence-corrected chi connectivity index (χ1v) is 8.69. The Bertz CT molecular complexity index is 544. The van der Waals surface area contributed by atoms with Crippen molar-refractivity contribution in [3.8, 4) is 0 Å². The first kappa shape index (κ1) is 18.7. The van der Waals surface area contributed by atoms with Crippen LogP contribution >= 0.6 is 0 Å². The first-order chi connectivity index (χ1) is 11.5. The van der Waals surface area contributed by atoms with Crippen LogP contribution in [0.25, 0.3) is 0 Å². The molecule has 1 aliphatic rings.